The second-order valence-corrected chi connectivity index (χ2v) is 6.01. The standard InChI is InChI=1S/C8H12ClN3S2/c9-7-10-11-8(13-7)12-14-6-4-2-1-3-5-6/h6H,1-5H2,(H,11,12). The summed E-state index contributed by atoms with van der Waals surface area (Å²) < 4.78 is 3.71. The zero-order valence-corrected chi connectivity index (χ0v) is 10.1. The van der Waals surface area contributed by atoms with Crippen LogP contribution in [0.5, 0.6) is 0 Å². The van der Waals surface area contributed by atoms with Crippen LogP contribution >= 0.6 is 34.9 Å². The molecule has 1 fully saturated rings. The fourth-order valence-electron chi connectivity index (χ4n) is 1.56. The van der Waals surface area contributed by atoms with E-state index in [9.17, 15) is 0 Å². The highest BCUT2D eigenvalue weighted by molar-refractivity contribution is 8.01. The van der Waals surface area contributed by atoms with Gasteiger partial charge in [-0.3, -0.25) is 0 Å². The van der Waals surface area contributed by atoms with E-state index < -0.39 is 0 Å². The zero-order valence-electron chi connectivity index (χ0n) is 7.70. The first-order chi connectivity index (χ1) is 6.84. The van der Waals surface area contributed by atoms with Crippen LogP contribution in [0.2, 0.25) is 4.47 Å². The van der Waals surface area contributed by atoms with Crippen molar-refractivity contribution < 1.29 is 0 Å². The summed E-state index contributed by atoms with van der Waals surface area (Å²) in [5.41, 5.74) is 0. The van der Waals surface area contributed by atoms with Gasteiger partial charge in [-0.2, -0.15) is 0 Å². The molecule has 0 atom stereocenters. The summed E-state index contributed by atoms with van der Waals surface area (Å²) in [6.07, 6.45) is 6.72. The number of anilines is 1. The van der Waals surface area contributed by atoms with Crippen molar-refractivity contribution in [3.63, 3.8) is 0 Å². The van der Waals surface area contributed by atoms with Crippen LogP contribution in [0.15, 0.2) is 0 Å². The van der Waals surface area contributed by atoms with Gasteiger partial charge in [-0.1, -0.05) is 30.6 Å². The van der Waals surface area contributed by atoms with Gasteiger partial charge >= 0.3 is 0 Å². The quantitative estimate of drug-likeness (QED) is 0.831. The van der Waals surface area contributed by atoms with Crippen LogP contribution < -0.4 is 4.72 Å². The van der Waals surface area contributed by atoms with Crippen LogP contribution in [0, 0.1) is 0 Å². The predicted octanol–water partition coefficient (Wildman–Crippen LogP) is 3.58. The van der Waals surface area contributed by atoms with Gasteiger partial charge in [0.25, 0.3) is 0 Å². The first-order valence-electron chi connectivity index (χ1n) is 4.75. The van der Waals surface area contributed by atoms with Crippen LogP contribution in [0.4, 0.5) is 5.13 Å². The van der Waals surface area contributed by atoms with Crippen molar-refractivity contribution in [3.05, 3.63) is 4.47 Å². The van der Waals surface area contributed by atoms with Crippen LogP contribution in [-0.2, 0) is 0 Å². The molecule has 1 aromatic heterocycles. The van der Waals surface area contributed by atoms with Crippen molar-refractivity contribution in [2.75, 3.05) is 4.72 Å². The van der Waals surface area contributed by atoms with Crippen molar-refractivity contribution in [2.45, 2.75) is 37.4 Å². The minimum atomic E-state index is 0.497. The third-order valence-electron chi connectivity index (χ3n) is 2.27. The molecule has 0 amide bonds. The van der Waals surface area contributed by atoms with Gasteiger partial charge in [-0.05, 0) is 36.4 Å². The number of nitrogens with one attached hydrogen (secondary N) is 1. The molecule has 1 aliphatic rings. The second-order valence-electron chi connectivity index (χ2n) is 3.34. The summed E-state index contributed by atoms with van der Waals surface area (Å²) in [6.45, 7) is 0. The van der Waals surface area contributed by atoms with Crippen LogP contribution in [0.25, 0.3) is 0 Å². The van der Waals surface area contributed by atoms with E-state index in [4.69, 9.17) is 11.6 Å². The van der Waals surface area contributed by atoms with E-state index in [0.717, 1.165) is 10.4 Å². The molecule has 1 aliphatic carbocycles. The Morgan fingerprint density at radius 3 is 2.71 bits per heavy atom. The average molecular weight is 250 g/mol. The third kappa shape index (κ3) is 3.00. The molecule has 1 heterocycles. The molecule has 1 N–H and O–H groups in total. The molecule has 0 bridgehead atoms. The molecule has 0 saturated heterocycles. The van der Waals surface area contributed by atoms with Gasteiger partial charge in [0.05, 0.1) is 0 Å². The van der Waals surface area contributed by atoms with Gasteiger partial charge in [-0.25, -0.2) is 0 Å². The normalized spacial score (nSPS) is 18.4. The molecule has 0 spiro atoms. The smallest absolute Gasteiger partial charge is 0.216 e. The number of aromatic nitrogens is 2. The Morgan fingerprint density at radius 2 is 2.07 bits per heavy atom. The monoisotopic (exact) mass is 249 g/mol. The van der Waals surface area contributed by atoms with Crippen molar-refractivity contribution in [2.24, 2.45) is 0 Å². The molecule has 3 nitrogen and oxygen atoms in total. The first-order valence-corrected chi connectivity index (χ1v) is 6.82. The SMILES string of the molecule is Clc1nnc(NSC2CCCCC2)s1. The van der Waals surface area contributed by atoms with Crippen LogP contribution in [0.3, 0.4) is 0 Å². The number of hydrogen-bond acceptors (Lipinski definition) is 5. The van der Waals surface area contributed by atoms with E-state index in [1.54, 1.807) is 11.9 Å². The highest BCUT2D eigenvalue weighted by Crippen LogP contribution is 2.30. The number of hydrogen-bond donors (Lipinski definition) is 1. The molecule has 1 aromatic rings. The number of rotatable bonds is 3. The summed E-state index contributed by atoms with van der Waals surface area (Å²) >= 11 is 8.83. The van der Waals surface area contributed by atoms with E-state index in [1.165, 1.54) is 43.4 Å². The lowest BCUT2D eigenvalue weighted by Gasteiger charge is -2.20. The Hall–Kier alpha value is -0.0000000000000000833. The van der Waals surface area contributed by atoms with Gasteiger partial charge in [0.15, 0.2) is 0 Å². The van der Waals surface area contributed by atoms with Gasteiger partial charge < -0.3 is 4.72 Å². The van der Waals surface area contributed by atoms with Crippen molar-refractivity contribution in [1.29, 1.82) is 0 Å². The highest BCUT2D eigenvalue weighted by Gasteiger charge is 2.14. The summed E-state index contributed by atoms with van der Waals surface area (Å²) in [6, 6.07) is 0. The summed E-state index contributed by atoms with van der Waals surface area (Å²) in [5.74, 6) is 0. The van der Waals surface area contributed by atoms with Crippen molar-refractivity contribution in [3.8, 4) is 0 Å². The highest BCUT2D eigenvalue weighted by atomic mass is 35.5. The van der Waals surface area contributed by atoms with E-state index >= 15 is 0 Å². The van der Waals surface area contributed by atoms with E-state index in [2.05, 4.69) is 14.9 Å². The maximum Gasteiger partial charge on any atom is 0.216 e. The van der Waals surface area contributed by atoms with E-state index in [1.807, 2.05) is 0 Å². The van der Waals surface area contributed by atoms with E-state index in [-0.39, 0.29) is 0 Å². The average Bonchev–Trinajstić information content (AvgIpc) is 2.63. The molecular formula is C8H12ClN3S2. The molecule has 1 saturated carbocycles. The lowest BCUT2D eigenvalue weighted by molar-refractivity contribution is 0.516. The Balaban J connectivity index is 1.76. The lowest BCUT2D eigenvalue weighted by Crippen LogP contribution is -2.10. The molecule has 0 unspecified atom stereocenters. The molecule has 78 valence electrons. The summed E-state index contributed by atoms with van der Waals surface area (Å²) in [5, 5.41) is 9.18. The molecule has 0 aliphatic heterocycles. The molecule has 0 aromatic carbocycles. The molecule has 2 rings (SSSR count). The number of nitrogens with zero attached hydrogens (tertiary/aromatic N) is 2. The Morgan fingerprint density at radius 1 is 1.29 bits per heavy atom. The molecule has 6 heteroatoms. The minimum Gasteiger partial charge on any atom is -0.304 e. The maximum absolute atomic E-state index is 5.68. The lowest BCUT2D eigenvalue weighted by atomic mass is 10.0. The van der Waals surface area contributed by atoms with Crippen LogP contribution in [-0.4, -0.2) is 15.4 Å². The molecule has 14 heavy (non-hydrogen) atoms. The van der Waals surface area contributed by atoms with Gasteiger partial charge in [0.1, 0.15) is 0 Å². The largest absolute Gasteiger partial charge is 0.304 e. The van der Waals surface area contributed by atoms with Gasteiger partial charge in [0, 0.05) is 5.25 Å². The molecular weight excluding hydrogens is 238 g/mol. The summed E-state index contributed by atoms with van der Waals surface area (Å²) in [4.78, 5) is 0. The third-order valence-corrected chi connectivity index (χ3v) is 4.44. The van der Waals surface area contributed by atoms with E-state index in [0.29, 0.717) is 4.47 Å². The fraction of sp³-hybridized carbons (Fsp3) is 0.750. The van der Waals surface area contributed by atoms with Gasteiger partial charge in [0.2, 0.25) is 9.60 Å². The first kappa shape index (κ1) is 10.5. The van der Waals surface area contributed by atoms with Gasteiger partial charge in [-0.15, -0.1) is 10.2 Å². The van der Waals surface area contributed by atoms with Crippen LogP contribution in [0.1, 0.15) is 32.1 Å². The Labute approximate surface area is 96.8 Å². The topological polar surface area (TPSA) is 37.8 Å². The summed E-state index contributed by atoms with van der Waals surface area (Å²) in [7, 11) is 0. The minimum absolute atomic E-state index is 0.497. The Bertz CT molecular complexity index is 286. The predicted molar refractivity (Wildman–Crippen MR) is 63.0 cm³/mol. The second kappa shape index (κ2) is 5.19. The number of halogens is 1. The zero-order chi connectivity index (χ0) is 9.80. The fourth-order valence-corrected chi connectivity index (χ4v) is 3.33. The van der Waals surface area contributed by atoms with Crippen molar-refractivity contribution in [1.82, 2.24) is 10.2 Å². The van der Waals surface area contributed by atoms with Crippen molar-refractivity contribution >= 4 is 40.0 Å². The Kier molecular flexibility index (Phi) is 3.89. The molecule has 0 radical (unpaired) electrons. The maximum atomic E-state index is 5.68.